The maximum absolute atomic E-state index is 13.7. The molecule has 0 aliphatic heterocycles. The van der Waals surface area contributed by atoms with Crippen molar-refractivity contribution in [3.63, 3.8) is 0 Å². The molecule has 0 aromatic heterocycles. The molecular formula is C12H8BrF2N. The van der Waals surface area contributed by atoms with Crippen molar-refractivity contribution in [1.29, 1.82) is 0 Å². The third-order valence-corrected chi connectivity index (χ3v) is 2.88. The SMILES string of the molecule is Nc1ccc(-c2cccc(Br)c2F)cc1F. The zero-order chi connectivity index (χ0) is 11.7. The van der Waals surface area contributed by atoms with Crippen LogP contribution in [0.5, 0.6) is 0 Å². The van der Waals surface area contributed by atoms with Crippen LogP contribution in [0.2, 0.25) is 0 Å². The zero-order valence-electron chi connectivity index (χ0n) is 8.18. The number of nitrogen functional groups attached to an aromatic ring is 1. The lowest BCUT2D eigenvalue weighted by Gasteiger charge is -2.06. The van der Waals surface area contributed by atoms with Gasteiger partial charge in [0.15, 0.2) is 0 Å². The molecule has 0 radical (unpaired) electrons. The average Bonchev–Trinajstić information content (AvgIpc) is 2.26. The summed E-state index contributed by atoms with van der Waals surface area (Å²) in [5.41, 5.74) is 6.22. The second-order valence-electron chi connectivity index (χ2n) is 3.34. The molecule has 0 fully saturated rings. The summed E-state index contributed by atoms with van der Waals surface area (Å²) in [5, 5.41) is 0. The monoisotopic (exact) mass is 283 g/mol. The summed E-state index contributed by atoms with van der Waals surface area (Å²) in [7, 11) is 0. The topological polar surface area (TPSA) is 26.0 Å². The van der Waals surface area contributed by atoms with Gasteiger partial charge in [-0.3, -0.25) is 0 Å². The smallest absolute Gasteiger partial charge is 0.146 e. The number of hydrogen-bond donors (Lipinski definition) is 1. The second-order valence-corrected chi connectivity index (χ2v) is 4.19. The molecule has 2 N–H and O–H groups in total. The van der Waals surface area contributed by atoms with E-state index in [4.69, 9.17) is 5.73 Å². The quantitative estimate of drug-likeness (QED) is 0.788. The Morgan fingerprint density at radius 1 is 1.06 bits per heavy atom. The van der Waals surface area contributed by atoms with Gasteiger partial charge in [-0.05, 0) is 39.7 Å². The first-order valence-electron chi connectivity index (χ1n) is 4.59. The number of benzene rings is 2. The Morgan fingerprint density at radius 3 is 2.50 bits per heavy atom. The molecule has 0 aliphatic rings. The van der Waals surface area contributed by atoms with Crippen molar-refractivity contribution < 1.29 is 8.78 Å². The average molecular weight is 284 g/mol. The van der Waals surface area contributed by atoms with Crippen molar-refractivity contribution in [2.24, 2.45) is 0 Å². The van der Waals surface area contributed by atoms with Crippen molar-refractivity contribution in [3.8, 4) is 11.1 Å². The van der Waals surface area contributed by atoms with Gasteiger partial charge in [0.25, 0.3) is 0 Å². The van der Waals surface area contributed by atoms with Crippen LogP contribution in [0.15, 0.2) is 40.9 Å². The molecule has 2 aromatic rings. The van der Waals surface area contributed by atoms with E-state index >= 15 is 0 Å². The van der Waals surface area contributed by atoms with Gasteiger partial charge in [0.2, 0.25) is 0 Å². The number of anilines is 1. The van der Waals surface area contributed by atoms with Gasteiger partial charge in [-0.15, -0.1) is 0 Å². The Hall–Kier alpha value is -1.42. The standard InChI is InChI=1S/C12H8BrF2N/c13-9-3-1-2-8(12(9)15)7-4-5-11(16)10(14)6-7/h1-6H,16H2. The highest BCUT2D eigenvalue weighted by Gasteiger charge is 2.09. The Bertz CT molecular complexity index is 541. The predicted octanol–water partition coefficient (Wildman–Crippen LogP) is 3.98. The fraction of sp³-hybridized carbons (Fsp3) is 0. The maximum atomic E-state index is 13.7. The summed E-state index contributed by atoms with van der Waals surface area (Å²) in [6.45, 7) is 0. The molecule has 0 amide bonds. The molecule has 1 nitrogen and oxygen atoms in total. The minimum Gasteiger partial charge on any atom is -0.396 e. The number of nitrogens with two attached hydrogens (primary N) is 1. The molecule has 2 aromatic carbocycles. The number of hydrogen-bond acceptors (Lipinski definition) is 1. The lowest BCUT2D eigenvalue weighted by Crippen LogP contribution is -1.92. The zero-order valence-corrected chi connectivity index (χ0v) is 9.76. The van der Waals surface area contributed by atoms with Gasteiger partial charge in [0.1, 0.15) is 11.6 Å². The van der Waals surface area contributed by atoms with Crippen LogP contribution in [0.4, 0.5) is 14.5 Å². The van der Waals surface area contributed by atoms with E-state index in [1.54, 1.807) is 24.3 Å². The first-order valence-corrected chi connectivity index (χ1v) is 5.38. The van der Waals surface area contributed by atoms with Crippen LogP contribution >= 0.6 is 15.9 Å². The second kappa shape index (κ2) is 4.22. The third-order valence-electron chi connectivity index (χ3n) is 2.26. The minimum absolute atomic E-state index is 0.0548. The van der Waals surface area contributed by atoms with Gasteiger partial charge in [-0.25, -0.2) is 8.78 Å². The van der Waals surface area contributed by atoms with Crippen LogP contribution < -0.4 is 5.73 Å². The molecule has 2 rings (SSSR count). The lowest BCUT2D eigenvalue weighted by atomic mass is 10.0. The van der Waals surface area contributed by atoms with E-state index in [2.05, 4.69) is 15.9 Å². The van der Waals surface area contributed by atoms with Crippen molar-refractivity contribution in [2.75, 3.05) is 5.73 Å². The molecule has 0 bridgehead atoms. The van der Waals surface area contributed by atoms with E-state index in [0.717, 1.165) is 0 Å². The van der Waals surface area contributed by atoms with Crippen molar-refractivity contribution >= 4 is 21.6 Å². The van der Waals surface area contributed by atoms with Crippen LogP contribution in [-0.4, -0.2) is 0 Å². The summed E-state index contributed by atoms with van der Waals surface area (Å²) in [6.07, 6.45) is 0. The van der Waals surface area contributed by atoms with Crippen LogP contribution in [0.3, 0.4) is 0 Å². The minimum atomic E-state index is -0.545. The van der Waals surface area contributed by atoms with Gasteiger partial charge < -0.3 is 5.73 Å². The summed E-state index contributed by atoms with van der Waals surface area (Å²) >= 11 is 3.08. The van der Waals surface area contributed by atoms with E-state index in [-0.39, 0.29) is 5.69 Å². The molecule has 0 spiro atoms. The molecule has 4 heteroatoms. The third kappa shape index (κ3) is 1.93. The van der Waals surface area contributed by atoms with Crippen molar-refractivity contribution in [3.05, 3.63) is 52.5 Å². The van der Waals surface area contributed by atoms with E-state index in [1.165, 1.54) is 12.1 Å². The summed E-state index contributed by atoms with van der Waals surface area (Å²) in [4.78, 5) is 0. The van der Waals surface area contributed by atoms with Gasteiger partial charge in [-0.2, -0.15) is 0 Å². The fourth-order valence-electron chi connectivity index (χ4n) is 1.42. The van der Waals surface area contributed by atoms with Crippen LogP contribution in [-0.2, 0) is 0 Å². The molecule has 0 heterocycles. The highest BCUT2D eigenvalue weighted by atomic mass is 79.9. The molecule has 16 heavy (non-hydrogen) atoms. The first-order chi connectivity index (χ1) is 7.59. The molecule has 0 unspecified atom stereocenters. The summed E-state index contributed by atoms with van der Waals surface area (Å²) in [5.74, 6) is -0.955. The Labute approximate surface area is 100 Å². The van der Waals surface area contributed by atoms with Crippen LogP contribution in [0.1, 0.15) is 0 Å². The van der Waals surface area contributed by atoms with Gasteiger partial charge in [0, 0.05) is 5.56 Å². The van der Waals surface area contributed by atoms with Gasteiger partial charge in [0.05, 0.1) is 10.2 Å². The highest BCUT2D eigenvalue weighted by Crippen LogP contribution is 2.29. The maximum Gasteiger partial charge on any atom is 0.146 e. The number of rotatable bonds is 1. The largest absolute Gasteiger partial charge is 0.396 e. The highest BCUT2D eigenvalue weighted by molar-refractivity contribution is 9.10. The number of halogens is 3. The fourth-order valence-corrected chi connectivity index (χ4v) is 1.79. The molecule has 0 saturated heterocycles. The Kier molecular flexibility index (Phi) is 2.92. The Morgan fingerprint density at radius 2 is 1.81 bits per heavy atom. The van der Waals surface area contributed by atoms with Gasteiger partial charge >= 0.3 is 0 Å². The molecule has 0 atom stereocenters. The van der Waals surface area contributed by atoms with E-state index < -0.39 is 11.6 Å². The molecule has 82 valence electrons. The van der Waals surface area contributed by atoms with E-state index in [9.17, 15) is 8.78 Å². The van der Waals surface area contributed by atoms with Crippen LogP contribution in [0.25, 0.3) is 11.1 Å². The van der Waals surface area contributed by atoms with E-state index in [1.807, 2.05) is 0 Å². The predicted molar refractivity (Wildman–Crippen MR) is 63.9 cm³/mol. The Balaban J connectivity index is 2.59. The van der Waals surface area contributed by atoms with Gasteiger partial charge in [-0.1, -0.05) is 18.2 Å². The van der Waals surface area contributed by atoms with Crippen molar-refractivity contribution in [2.45, 2.75) is 0 Å². The summed E-state index contributed by atoms with van der Waals surface area (Å²) < 4.78 is 27.3. The summed E-state index contributed by atoms with van der Waals surface area (Å²) in [6, 6.07) is 9.10. The van der Waals surface area contributed by atoms with Crippen molar-refractivity contribution in [1.82, 2.24) is 0 Å². The molecular weight excluding hydrogens is 276 g/mol. The normalized spacial score (nSPS) is 10.4. The first kappa shape index (κ1) is 11.1. The molecule has 0 aliphatic carbocycles. The lowest BCUT2D eigenvalue weighted by molar-refractivity contribution is 0.622. The molecule has 0 saturated carbocycles. The van der Waals surface area contributed by atoms with Crippen LogP contribution in [0, 0.1) is 11.6 Å². The van der Waals surface area contributed by atoms with E-state index in [0.29, 0.717) is 15.6 Å².